The predicted molar refractivity (Wildman–Crippen MR) is 53.5 cm³/mol. The zero-order chi connectivity index (χ0) is 9.61. The molecule has 0 amide bonds. The van der Waals surface area contributed by atoms with E-state index in [2.05, 4.69) is 10.0 Å². The number of hydrogen-bond acceptors (Lipinski definition) is 3. The fourth-order valence-corrected chi connectivity index (χ4v) is 2.18. The first-order valence-corrected chi connectivity index (χ1v) is 5.86. The molecule has 0 saturated heterocycles. The van der Waals surface area contributed by atoms with Gasteiger partial charge in [-0.05, 0) is 25.6 Å². The molecule has 0 aliphatic heterocycles. The summed E-state index contributed by atoms with van der Waals surface area (Å²) in [4.78, 5) is 0. The van der Waals surface area contributed by atoms with E-state index in [-0.39, 0.29) is 10.9 Å². The van der Waals surface area contributed by atoms with Crippen molar-refractivity contribution in [3.05, 3.63) is 0 Å². The number of nitrogens with one attached hydrogen (secondary N) is 2. The van der Waals surface area contributed by atoms with Crippen LogP contribution in [0.3, 0.4) is 0 Å². The van der Waals surface area contributed by atoms with Gasteiger partial charge in [0.25, 0.3) is 0 Å². The maximum absolute atomic E-state index is 11.1. The quantitative estimate of drug-likeness (QED) is 0.651. The summed E-state index contributed by atoms with van der Waals surface area (Å²) in [6.45, 7) is 4.27. The van der Waals surface area contributed by atoms with Crippen molar-refractivity contribution in [3.8, 4) is 0 Å². The third kappa shape index (κ3) is 5.31. The monoisotopic (exact) mass is 210 g/mol. The Hall–Kier alpha value is -0.360. The van der Waals surface area contributed by atoms with Gasteiger partial charge in [0.1, 0.15) is 0 Å². The number of rotatable bonds is 4. The summed E-state index contributed by atoms with van der Waals surface area (Å²) in [6, 6.07) is 0. The zero-order valence-electron chi connectivity index (χ0n) is 7.25. The first-order valence-electron chi connectivity index (χ1n) is 3.80. The molecule has 0 bridgehead atoms. The standard InChI is InChI=1S/C6H14N2O2S2/c1-3-5-12(9,10)8-6(11)7-4-2/h3-5H2,1-2H3,(H2,7,8,11). The van der Waals surface area contributed by atoms with Crippen molar-refractivity contribution in [3.63, 3.8) is 0 Å². The van der Waals surface area contributed by atoms with Crippen LogP contribution in [0.2, 0.25) is 0 Å². The van der Waals surface area contributed by atoms with Crippen LogP contribution < -0.4 is 10.0 Å². The molecule has 0 aromatic rings. The minimum Gasteiger partial charge on any atom is -0.362 e. The molecule has 2 N–H and O–H groups in total. The second-order valence-electron chi connectivity index (χ2n) is 2.28. The van der Waals surface area contributed by atoms with E-state index in [1.165, 1.54) is 0 Å². The Morgan fingerprint density at radius 1 is 1.42 bits per heavy atom. The number of sulfonamides is 1. The Bertz CT molecular complexity index is 236. The molecule has 4 nitrogen and oxygen atoms in total. The van der Waals surface area contributed by atoms with E-state index < -0.39 is 10.0 Å². The summed E-state index contributed by atoms with van der Waals surface area (Å²) >= 11 is 4.71. The normalized spacial score (nSPS) is 10.8. The van der Waals surface area contributed by atoms with Crippen molar-refractivity contribution in [2.45, 2.75) is 20.3 Å². The molecule has 12 heavy (non-hydrogen) atoms. The highest BCUT2D eigenvalue weighted by Crippen LogP contribution is 1.87. The molecule has 0 aromatic carbocycles. The minimum absolute atomic E-state index is 0.110. The second-order valence-corrected chi connectivity index (χ2v) is 4.53. The molecule has 0 unspecified atom stereocenters. The van der Waals surface area contributed by atoms with Gasteiger partial charge >= 0.3 is 0 Å². The summed E-state index contributed by atoms with van der Waals surface area (Å²) in [5, 5.41) is 2.87. The molecule has 0 aromatic heterocycles. The van der Waals surface area contributed by atoms with Gasteiger partial charge in [-0.3, -0.25) is 4.72 Å². The van der Waals surface area contributed by atoms with Gasteiger partial charge in [0, 0.05) is 6.54 Å². The molecular formula is C6H14N2O2S2. The first-order chi connectivity index (χ1) is 5.52. The Balaban J connectivity index is 3.98. The van der Waals surface area contributed by atoms with E-state index in [1.54, 1.807) is 6.92 Å². The largest absolute Gasteiger partial charge is 0.362 e. The van der Waals surface area contributed by atoms with Gasteiger partial charge < -0.3 is 5.32 Å². The summed E-state index contributed by atoms with van der Waals surface area (Å²) in [5.74, 6) is 0.110. The molecule has 0 saturated carbocycles. The lowest BCUT2D eigenvalue weighted by molar-refractivity contribution is 0.590. The number of hydrogen-bond donors (Lipinski definition) is 2. The van der Waals surface area contributed by atoms with E-state index >= 15 is 0 Å². The van der Waals surface area contributed by atoms with E-state index in [0.29, 0.717) is 13.0 Å². The molecule has 0 fully saturated rings. The summed E-state index contributed by atoms with van der Waals surface area (Å²) < 4.78 is 24.4. The maximum atomic E-state index is 11.1. The maximum Gasteiger partial charge on any atom is 0.234 e. The summed E-state index contributed by atoms with van der Waals surface area (Å²) in [7, 11) is -3.21. The van der Waals surface area contributed by atoms with Crippen molar-refractivity contribution >= 4 is 27.4 Å². The first kappa shape index (κ1) is 11.6. The van der Waals surface area contributed by atoms with Crippen LogP contribution >= 0.6 is 12.2 Å². The van der Waals surface area contributed by atoms with E-state index in [0.717, 1.165) is 0 Å². The summed E-state index contributed by atoms with van der Waals surface area (Å²) in [5.41, 5.74) is 0. The van der Waals surface area contributed by atoms with Crippen LogP contribution in [0, 0.1) is 0 Å². The minimum atomic E-state index is -3.21. The van der Waals surface area contributed by atoms with Crippen LogP contribution in [0.4, 0.5) is 0 Å². The third-order valence-electron chi connectivity index (χ3n) is 1.06. The fraction of sp³-hybridized carbons (Fsp3) is 0.833. The molecule has 0 aliphatic carbocycles. The molecule has 0 heterocycles. The molecule has 72 valence electrons. The van der Waals surface area contributed by atoms with Crippen LogP contribution in [-0.4, -0.2) is 25.8 Å². The van der Waals surface area contributed by atoms with Gasteiger partial charge in [0.05, 0.1) is 5.75 Å². The molecule has 0 atom stereocenters. The SMILES string of the molecule is CCCS(=O)(=O)NC(=S)NCC. The molecule has 0 spiro atoms. The molecular weight excluding hydrogens is 196 g/mol. The van der Waals surface area contributed by atoms with Gasteiger partial charge in [0.2, 0.25) is 10.0 Å². The van der Waals surface area contributed by atoms with Crippen LogP contribution in [0.5, 0.6) is 0 Å². The Morgan fingerprint density at radius 3 is 2.42 bits per heavy atom. The van der Waals surface area contributed by atoms with Crippen molar-refractivity contribution in [1.29, 1.82) is 0 Å². The van der Waals surface area contributed by atoms with Gasteiger partial charge in [-0.15, -0.1) is 0 Å². The predicted octanol–water partition coefficient (Wildman–Crippen LogP) is 0.210. The fourth-order valence-electron chi connectivity index (χ4n) is 0.658. The molecule has 6 heteroatoms. The molecule has 0 radical (unpaired) electrons. The van der Waals surface area contributed by atoms with Crippen LogP contribution in [0.25, 0.3) is 0 Å². The topological polar surface area (TPSA) is 58.2 Å². The van der Waals surface area contributed by atoms with Crippen LogP contribution in [0.1, 0.15) is 20.3 Å². The third-order valence-corrected chi connectivity index (χ3v) is 2.89. The lowest BCUT2D eigenvalue weighted by Gasteiger charge is -2.08. The lowest BCUT2D eigenvalue weighted by atomic mass is 10.6. The second kappa shape index (κ2) is 5.31. The lowest BCUT2D eigenvalue weighted by Crippen LogP contribution is -2.40. The Morgan fingerprint density at radius 2 is 2.00 bits per heavy atom. The molecule has 0 rings (SSSR count). The van der Waals surface area contributed by atoms with Crippen molar-refractivity contribution in [1.82, 2.24) is 10.0 Å². The van der Waals surface area contributed by atoms with Crippen molar-refractivity contribution < 1.29 is 8.42 Å². The Kier molecular flexibility index (Phi) is 5.16. The van der Waals surface area contributed by atoms with E-state index in [4.69, 9.17) is 12.2 Å². The van der Waals surface area contributed by atoms with E-state index in [1.807, 2.05) is 6.92 Å². The van der Waals surface area contributed by atoms with E-state index in [9.17, 15) is 8.42 Å². The van der Waals surface area contributed by atoms with Gasteiger partial charge in [-0.25, -0.2) is 8.42 Å². The zero-order valence-corrected chi connectivity index (χ0v) is 8.89. The van der Waals surface area contributed by atoms with Gasteiger partial charge in [0.15, 0.2) is 5.11 Å². The summed E-state index contributed by atoms with van der Waals surface area (Å²) in [6.07, 6.45) is 0.587. The highest BCUT2D eigenvalue weighted by molar-refractivity contribution is 7.91. The van der Waals surface area contributed by atoms with Crippen molar-refractivity contribution in [2.24, 2.45) is 0 Å². The highest BCUT2D eigenvalue weighted by atomic mass is 32.2. The average Bonchev–Trinajstić information content (AvgIpc) is 1.85. The smallest absolute Gasteiger partial charge is 0.234 e. The van der Waals surface area contributed by atoms with Crippen LogP contribution in [-0.2, 0) is 10.0 Å². The van der Waals surface area contributed by atoms with Crippen molar-refractivity contribution in [2.75, 3.05) is 12.3 Å². The van der Waals surface area contributed by atoms with Crippen LogP contribution in [0.15, 0.2) is 0 Å². The Labute approximate surface area is 78.8 Å². The molecule has 0 aliphatic rings. The number of thiocarbonyl (C=S) groups is 1. The van der Waals surface area contributed by atoms with Gasteiger partial charge in [-0.2, -0.15) is 0 Å². The van der Waals surface area contributed by atoms with Gasteiger partial charge in [-0.1, -0.05) is 6.92 Å². The average molecular weight is 210 g/mol. The highest BCUT2D eigenvalue weighted by Gasteiger charge is 2.08.